The summed E-state index contributed by atoms with van der Waals surface area (Å²) < 4.78 is 0. The monoisotopic (exact) mass is 278 g/mol. The summed E-state index contributed by atoms with van der Waals surface area (Å²) in [5.41, 5.74) is 2.32. The number of aryl methyl sites for hydroxylation is 1. The molecular weight excluding hydrogens is 264 g/mol. The largest absolute Gasteiger partial charge is 0.337 e. The normalized spacial score (nSPS) is 10.5. The molecule has 2 rings (SSSR count). The van der Waals surface area contributed by atoms with Crippen molar-refractivity contribution in [2.45, 2.75) is 19.9 Å². The van der Waals surface area contributed by atoms with E-state index >= 15 is 0 Å². The van der Waals surface area contributed by atoms with Crippen LogP contribution in [0, 0.1) is 0 Å². The second kappa shape index (κ2) is 5.84. The van der Waals surface area contributed by atoms with Crippen LogP contribution in [0.2, 0.25) is 5.15 Å². The summed E-state index contributed by atoms with van der Waals surface area (Å²) in [5, 5.41) is 6.92. The lowest BCUT2D eigenvalue weighted by Gasteiger charge is -2.16. The number of hydrogen-bond donors (Lipinski definition) is 1. The summed E-state index contributed by atoms with van der Waals surface area (Å²) in [6.07, 6.45) is 4.20. The molecule has 0 bridgehead atoms. The number of halogens is 1. The number of H-pyrrole nitrogens is 1. The first-order valence-electron chi connectivity index (χ1n) is 5.99. The van der Waals surface area contributed by atoms with E-state index in [2.05, 4.69) is 15.2 Å². The van der Waals surface area contributed by atoms with Crippen molar-refractivity contribution in [2.75, 3.05) is 7.05 Å². The van der Waals surface area contributed by atoms with Gasteiger partial charge in [0.1, 0.15) is 5.15 Å². The van der Waals surface area contributed by atoms with E-state index in [0.717, 1.165) is 17.7 Å². The van der Waals surface area contributed by atoms with Crippen LogP contribution >= 0.6 is 11.6 Å². The number of rotatable bonds is 4. The molecule has 0 aliphatic carbocycles. The average Bonchev–Trinajstić information content (AvgIpc) is 2.89. The van der Waals surface area contributed by atoms with Crippen molar-refractivity contribution >= 4 is 17.5 Å². The highest BCUT2D eigenvalue weighted by molar-refractivity contribution is 6.29. The number of carbonyl (C=O) groups excluding carboxylic acids is 1. The van der Waals surface area contributed by atoms with Gasteiger partial charge in [0.2, 0.25) is 0 Å². The van der Waals surface area contributed by atoms with Crippen LogP contribution < -0.4 is 0 Å². The van der Waals surface area contributed by atoms with Crippen LogP contribution in [-0.2, 0) is 13.0 Å². The summed E-state index contributed by atoms with van der Waals surface area (Å²) in [7, 11) is 1.75. The predicted octanol–water partition coefficient (Wildman–Crippen LogP) is 2.29. The maximum Gasteiger partial charge on any atom is 0.254 e. The molecule has 0 aliphatic heterocycles. The zero-order chi connectivity index (χ0) is 13.8. The van der Waals surface area contributed by atoms with Crippen molar-refractivity contribution in [3.05, 3.63) is 46.5 Å². The lowest BCUT2D eigenvalue weighted by Crippen LogP contribution is -2.26. The fraction of sp³-hybridized carbons (Fsp3) is 0.308. The minimum atomic E-state index is -0.0831. The van der Waals surface area contributed by atoms with Crippen molar-refractivity contribution < 1.29 is 4.79 Å². The number of nitrogens with one attached hydrogen (secondary N) is 1. The molecule has 0 saturated carbocycles. The third-order valence-electron chi connectivity index (χ3n) is 2.78. The van der Waals surface area contributed by atoms with E-state index in [1.165, 1.54) is 0 Å². The Labute approximate surface area is 116 Å². The van der Waals surface area contributed by atoms with Crippen molar-refractivity contribution in [3.63, 3.8) is 0 Å². The summed E-state index contributed by atoms with van der Waals surface area (Å²) in [4.78, 5) is 18.1. The molecule has 1 N–H and O–H groups in total. The second-order valence-electron chi connectivity index (χ2n) is 4.29. The van der Waals surface area contributed by atoms with Crippen LogP contribution in [0.5, 0.6) is 0 Å². The number of hydrogen-bond acceptors (Lipinski definition) is 3. The molecule has 2 aromatic heterocycles. The third kappa shape index (κ3) is 3.32. The fourth-order valence-electron chi connectivity index (χ4n) is 1.79. The van der Waals surface area contributed by atoms with Gasteiger partial charge >= 0.3 is 0 Å². The first-order chi connectivity index (χ1) is 9.10. The molecule has 0 fully saturated rings. The predicted molar refractivity (Wildman–Crippen MR) is 73.0 cm³/mol. The van der Waals surface area contributed by atoms with E-state index in [1.807, 2.05) is 6.92 Å². The maximum absolute atomic E-state index is 12.3. The van der Waals surface area contributed by atoms with Gasteiger partial charge in [0, 0.05) is 36.6 Å². The van der Waals surface area contributed by atoms with E-state index in [9.17, 15) is 4.79 Å². The molecule has 0 aromatic carbocycles. The second-order valence-corrected chi connectivity index (χ2v) is 4.68. The van der Waals surface area contributed by atoms with E-state index in [0.29, 0.717) is 17.3 Å². The maximum atomic E-state index is 12.3. The van der Waals surface area contributed by atoms with Gasteiger partial charge < -0.3 is 4.90 Å². The molecule has 19 heavy (non-hydrogen) atoms. The minimum Gasteiger partial charge on any atom is -0.337 e. The highest BCUT2D eigenvalue weighted by atomic mass is 35.5. The lowest BCUT2D eigenvalue weighted by atomic mass is 10.2. The molecule has 100 valence electrons. The Morgan fingerprint density at radius 1 is 1.47 bits per heavy atom. The number of aromatic amines is 1. The Kier molecular flexibility index (Phi) is 4.16. The van der Waals surface area contributed by atoms with E-state index < -0.39 is 0 Å². The molecular formula is C13H15ClN4O. The molecule has 2 aromatic rings. The van der Waals surface area contributed by atoms with Gasteiger partial charge in [-0.1, -0.05) is 18.5 Å². The highest BCUT2D eigenvalue weighted by Gasteiger charge is 2.14. The van der Waals surface area contributed by atoms with Gasteiger partial charge in [0.05, 0.1) is 6.20 Å². The highest BCUT2D eigenvalue weighted by Crippen LogP contribution is 2.14. The summed E-state index contributed by atoms with van der Waals surface area (Å²) in [6, 6.07) is 3.37. The number of amides is 1. The summed E-state index contributed by atoms with van der Waals surface area (Å²) in [5.74, 6) is -0.0831. The lowest BCUT2D eigenvalue weighted by molar-refractivity contribution is 0.0785. The minimum absolute atomic E-state index is 0.0831. The van der Waals surface area contributed by atoms with Gasteiger partial charge in [0.15, 0.2) is 0 Å². The SMILES string of the molecule is CCc1cc(C(=O)N(C)Cc2cn[nH]c2)cc(Cl)n1. The number of aromatic nitrogens is 3. The van der Waals surface area contributed by atoms with Crippen LogP contribution in [0.3, 0.4) is 0 Å². The first kappa shape index (κ1) is 13.5. The van der Waals surface area contributed by atoms with Crippen molar-refractivity contribution in [1.29, 1.82) is 0 Å². The summed E-state index contributed by atoms with van der Waals surface area (Å²) >= 11 is 5.92. The summed E-state index contributed by atoms with van der Waals surface area (Å²) in [6.45, 7) is 2.47. The Bertz CT molecular complexity index is 568. The molecule has 5 nitrogen and oxygen atoms in total. The van der Waals surface area contributed by atoms with Gasteiger partial charge in [-0.25, -0.2) is 4.98 Å². The van der Waals surface area contributed by atoms with Crippen LogP contribution in [0.4, 0.5) is 0 Å². The Balaban J connectivity index is 2.16. The number of pyridine rings is 1. The Hall–Kier alpha value is -1.88. The third-order valence-corrected chi connectivity index (χ3v) is 2.97. The quantitative estimate of drug-likeness (QED) is 0.873. The van der Waals surface area contributed by atoms with Crippen LogP contribution in [0.25, 0.3) is 0 Å². The molecule has 0 aliphatic rings. The van der Waals surface area contributed by atoms with Crippen LogP contribution in [-0.4, -0.2) is 33.0 Å². The molecule has 6 heteroatoms. The smallest absolute Gasteiger partial charge is 0.254 e. The van der Waals surface area contributed by atoms with Crippen molar-refractivity contribution in [1.82, 2.24) is 20.1 Å². The zero-order valence-corrected chi connectivity index (χ0v) is 11.6. The van der Waals surface area contributed by atoms with Crippen LogP contribution in [0.1, 0.15) is 28.5 Å². The van der Waals surface area contributed by atoms with Gasteiger partial charge in [-0.3, -0.25) is 9.89 Å². The van der Waals surface area contributed by atoms with Gasteiger partial charge in [0.25, 0.3) is 5.91 Å². The molecule has 0 spiro atoms. The van der Waals surface area contributed by atoms with E-state index in [1.54, 1.807) is 36.5 Å². The Morgan fingerprint density at radius 3 is 2.89 bits per heavy atom. The standard InChI is InChI=1S/C13H15ClN4O/c1-3-11-4-10(5-12(14)17-11)13(19)18(2)8-9-6-15-16-7-9/h4-7H,3,8H2,1-2H3,(H,15,16). The van der Waals surface area contributed by atoms with Crippen LogP contribution in [0.15, 0.2) is 24.5 Å². The number of nitrogens with zero attached hydrogens (tertiary/aromatic N) is 3. The molecule has 0 unspecified atom stereocenters. The topological polar surface area (TPSA) is 61.9 Å². The van der Waals surface area contributed by atoms with E-state index in [-0.39, 0.29) is 5.91 Å². The molecule has 0 atom stereocenters. The molecule has 1 amide bonds. The van der Waals surface area contributed by atoms with E-state index in [4.69, 9.17) is 11.6 Å². The van der Waals surface area contributed by atoms with Gasteiger partial charge in [-0.05, 0) is 18.6 Å². The molecule has 0 radical (unpaired) electrons. The average molecular weight is 279 g/mol. The van der Waals surface area contributed by atoms with Crippen molar-refractivity contribution in [3.8, 4) is 0 Å². The molecule has 2 heterocycles. The first-order valence-corrected chi connectivity index (χ1v) is 6.37. The Morgan fingerprint density at radius 2 is 2.26 bits per heavy atom. The zero-order valence-electron chi connectivity index (χ0n) is 10.9. The van der Waals surface area contributed by atoms with Gasteiger partial charge in [-0.15, -0.1) is 0 Å². The van der Waals surface area contributed by atoms with Crippen molar-refractivity contribution in [2.24, 2.45) is 0 Å². The van der Waals surface area contributed by atoms with Gasteiger partial charge in [-0.2, -0.15) is 5.10 Å². The molecule has 0 saturated heterocycles. The number of carbonyl (C=O) groups is 1. The fourth-order valence-corrected chi connectivity index (χ4v) is 2.01.